The van der Waals surface area contributed by atoms with Crippen LogP contribution >= 0.6 is 24.8 Å². The maximum absolute atomic E-state index is 3.48. The number of benzene rings is 1. The van der Waals surface area contributed by atoms with Gasteiger partial charge < -0.3 is 5.32 Å². The van der Waals surface area contributed by atoms with E-state index in [2.05, 4.69) is 55.3 Å². The summed E-state index contributed by atoms with van der Waals surface area (Å²) in [6.07, 6.45) is 4.25. The van der Waals surface area contributed by atoms with Crippen molar-refractivity contribution < 1.29 is 0 Å². The van der Waals surface area contributed by atoms with Crippen LogP contribution in [0.4, 0.5) is 0 Å². The summed E-state index contributed by atoms with van der Waals surface area (Å²) in [5.41, 5.74) is 3.23. The Kier molecular flexibility index (Phi) is 7.86. The standard InChI is InChI=1S/C19H30N2.2ClH/c1-19(2,3)17-9-7-16(8-10-17)18(15-5-4-6-15)21-13-11-20-12-14-21;;/h7-10,15,18,20H,4-6,11-14H2,1-3H3;2*1H/t18-;;/m0../s1. The molecule has 0 bridgehead atoms. The quantitative estimate of drug-likeness (QED) is 0.850. The molecular formula is C19H32Cl2N2. The van der Waals surface area contributed by atoms with Gasteiger partial charge in [-0.2, -0.15) is 0 Å². The molecule has 0 radical (unpaired) electrons. The highest BCUT2D eigenvalue weighted by Crippen LogP contribution is 2.41. The van der Waals surface area contributed by atoms with E-state index in [4.69, 9.17) is 0 Å². The molecule has 1 saturated carbocycles. The number of hydrogen-bond donors (Lipinski definition) is 1. The van der Waals surface area contributed by atoms with E-state index in [-0.39, 0.29) is 30.2 Å². The Balaban J connectivity index is 0.00000132. The Hall–Kier alpha value is -0.280. The molecule has 2 nitrogen and oxygen atoms in total. The number of nitrogens with one attached hydrogen (secondary N) is 1. The minimum Gasteiger partial charge on any atom is -0.314 e. The molecule has 1 atom stereocenters. The molecule has 1 aromatic carbocycles. The van der Waals surface area contributed by atoms with Crippen LogP contribution in [0, 0.1) is 5.92 Å². The summed E-state index contributed by atoms with van der Waals surface area (Å²) in [7, 11) is 0. The fourth-order valence-electron chi connectivity index (χ4n) is 3.68. The van der Waals surface area contributed by atoms with Crippen LogP contribution in [0.1, 0.15) is 57.2 Å². The first-order valence-corrected chi connectivity index (χ1v) is 8.61. The first kappa shape index (κ1) is 20.8. The summed E-state index contributed by atoms with van der Waals surface area (Å²) in [4.78, 5) is 2.71. The SMILES string of the molecule is CC(C)(C)c1ccc([C@H](C2CCC2)N2CCNCC2)cc1.Cl.Cl. The van der Waals surface area contributed by atoms with Crippen molar-refractivity contribution in [1.82, 2.24) is 10.2 Å². The highest BCUT2D eigenvalue weighted by atomic mass is 35.5. The second-order valence-corrected chi connectivity index (χ2v) is 7.79. The van der Waals surface area contributed by atoms with Crippen molar-refractivity contribution >= 4 is 24.8 Å². The summed E-state index contributed by atoms with van der Waals surface area (Å²) in [5, 5.41) is 3.48. The Labute approximate surface area is 154 Å². The van der Waals surface area contributed by atoms with Crippen LogP contribution in [0.2, 0.25) is 0 Å². The fourth-order valence-corrected chi connectivity index (χ4v) is 3.68. The second-order valence-electron chi connectivity index (χ2n) is 7.79. The smallest absolute Gasteiger partial charge is 0.0377 e. The summed E-state index contributed by atoms with van der Waals surface area (Å²) in [6, 6.07) is 10.1. The van der Waals surface area contributed by atoms with Crippen molar-refractivity contribution in [1.29, 1.82) is 0 Å². The van der Waals surface area contributed by atoms with Crippen LogP contribution in [0.5, 0.6) is 0 Å². The third-order valence-electron chi connectivity index (χ3n) is 5.26. The predicted molar refractivity (Wildman–Crippen MR) is 104 cm³/mol. The Morgan fingerprint density at radius 1 is 1.00 bits per heavy atom. The summed E-state index contributed by atoms with van der Waals surface area (Å²) >= 11 is 0. The molecule has 1 heterocycles. The monoisotopic (exact) mass is 358 g/mol. The van der Waals surface area contributed by atoms with Gasteiger partial charge in [0, 0.05) is 32.2 Å². The molecule has 0 amide bonds. The average molecular weight is 359 g/mol. The van der Waals surface area contributed by atoms with Crippen LogP contribution < -0.4 is 5.32 Å². The molecule has 1 saturated heterocycles. The molecule has 132 valence electrons. The summed E-state index contributed by atoms with van der Waals surface area (Å²) < 4.78 is 0. The van der Waals surface area contributed by atoms with E-state index in [1.165, 1.54) is 43.5 Å². The lowest BCUT2D eigenvalue weighted by Gasteiger charge is -2.43. The first-order valence-electron chi connectivity index (χ1n) is 8.61. The van der Waals surface area contributed by atoms with Crippen molar-refractivity contribution in [2.75, 3.05) is 26.2 Å². The highest BCUT2D eigenvalue weighted by molar-refractivity contribution is 5.85. The van der Waals surface area contributed by atoms with Gasteiger partial charge in [0.15, 0.2) is 0 Å². The average Bonchev–Trinajstić information content (AvgIpc) is 2.43. The van der Waals surface area contributed by atoms with Gasteiger partial charge in [-0.25, -0.2) is 0 Å². The van der Waals surface area contributed by atoms with Gasteiger partial charge in [-0.1, -0.05) is 51.5 Å². The maximum atomic E-state index is 3.48. The number of rotatable bonds is 3. The Bertz CT molecular complexity index is 457. The number of piperazine rings is 1. The van der Waals surface area contributed by atoms with Crippen molar-refractivity contribution in [3.63, 3.8) is 0 Å². The van der Waals surface area contributed by atoms with Gasteiger partial charge in [0.1, 0.15) is 0 Å². The largest absolute Gasteiger partial charge is 0.314 e. The molecule has 0 spiro atoms. The number of hydrogen-bond acceptors (Lipinski definition) is 2. The molecule has 23 heavy (non-hydrogen) atoms. The molecule has 0 aromatic heterocycles. The molecule has 2 fully saturated rings. The van der Waals surface area contributed by atoms with Crippen LogP contribution in [0.3, 0.4) is 0 Å². The highest BCUT2D eigenvalue weighted by Gasteiger charge is 2.33. The van der Waals surface area contributed by atoms with E-state index >= 15 is 0 Å². The summed E-state index contributed by atoms with van der Waals surface area (Å²) in [5.74, 6) is 0.878. The second kappa shape index (κ2) is 8.71. The molecular weight excluding hydrogens is 327 g/mol. The van der Waals surface area contributed by atoms with Crippen molar-refractivity contribution in [2.45, 2.75) is 51.5 Å². The van der Waals surface area contributed by atoms with Crippen molar-refractivity contribution in [3.8, 4) is 0 Å². The number of nitrogens with zero attached hydrogens (tertiary/aromatic N) is 1. The topological polar surface area (TPSA) is 15.3 Å². The van der Waals surface area contributed by atoms with E-state index in [9.17, 15) is 0 Å². The first-order chi connectivity index (χ1) is 10.1. The van der Waals surface area contributed by atoms with Gasteiger partial charge in [0.25, 0.3) is 0 Å². The summed E-state index contributed by atoms with van der Waals surface area (Å²) in [6.45, 7) is 11.6. The third kappa shape index (κ3) is 4.85. The zero-order valence-electron chi connectivity index (χ0n) is 14.7. The Morgan fingerprint density at radius 3 is 2.00 bits per heavy atom. The minimum absolute atomic E-state index is 0. The van der Waals surface area contributed by atoms with E-state index in [1.54, 1.807) is 0 Å². The molecule has 3 rings (SSSR count). The lowest BCUT2D eigenvalue weighted by Crippen LogP contribution is -2.47. The zero-order valence-corrected chi connectivity index (χ0v) is 16.3. The van der Waals surface area contributed by atoms with Crippen LogP contribution in [0.25, 0.3) is 0 Å². The normalized spacial score (nSPS) is 20.8. The molecule has 1 aromatic rings. The molecule has 4 heteroatoms. The van der Waals surface area contributed by atoms with Gasteiger partial charge in [0.05, 0.1) is 0 Å². The van der Waals surface area contributed by atoms with Gasteiger partial charge in [0.2, 0.25) is 0 Å². The Morgan fingerprint density at radius 2 is 1.57 bits per heavy atom. The fraction of sp³-hybridized carbons (Fsp3) is 0.684. The molecule has 1 aliphatic heterocycles. The van der Waals surface area contributed by atoms with Crippen LogP contribution in [0.15, 0.2) is 24.3 Å². The molecule has 1 N–H and O–H groups in total. The lowest BCUT2D eigenvalue weighted by molar-refractivity contribution is 0.0837. The van der Waals surface area contributed by atoms with E-state index < -0.39 is 0 Å². The van der Waals surface area contributed by atoms with E-state index in [0.717, 1.165) is 19.0 Å². The predicted octanol–water partition coefficient (Wildman–Crippen LogP) is 4.57. The van der Waals surface area contributed by atoms with E-state index in [1.807, 2.05) is 0 Å². The van der Waals surface area contributed by atoms with Crippen molar-refractivity contribution in [2.24, 2.45) is 5.92 Å². The van der Waals surface area contributed by atoms with Gasteiger partial charge in [-0.05, 0) is 35.3 Å². The minimum atomic E-state index is 0. The van der Waals surface area contributed by atoms with Gasteiger partial charge in [-0.15, -0.1) is 24.8 Å². The maximum Gasteiger partial charge on any atom is 0.0377 e. The van der Waals surface area contributed by atoms with Crippen LogP contribution in [-0.4, -0.2) is 31.1 Å². The van der Waals surface area contributed by atoms with Gasteiger partial charge >= 0.3 is 0 Å². The number of halogens is 2. The molecule has 1 aliphatic carbocycles. The lowest BCUT2D eigenvalue weighted by atomic mass is 9.75. The van der Waals surface area contributed by atoms with Gasteiger partial charge in [-0.3, -0.25) is 4.90 Å². The van der Waals surface area contributed by atoms with Crippen molar-refractivity contribution in [3.05, 3.63) is 35.4 Å². The molecule has 0 unspecified atom stereocenters. The molecule has 2 aliphatic rings. The van der Waals surface area contributed by atoms with Crippen LogP contribution in [-0.2, 0) is 5.41 Å². The zero-order chi connectivity index (χ0) is 14.9. The third-order valence-corrected chi connectivity index (χ3v) is 5.26. The van der Waals surface area contributed by atoms with E-state index in [0.29, 0.717) is 6.04 Å².